The molecule has 0 spiro atoms. The Hall–Kier alpha value is -1.40. The molecule has 0 bridgehead atoms. The van der Waals surface area contributed by atoms with E-state index in [4.69, 9.17) is 11.6 Å². The second-order valence-corrected chi connectivity index (χ2v) is 5.79. The molecule has 0 atom stereocenters. The number of halogens is 1. The first-order valence-corrected chi connectivity index (χ1v) is 7.28. The first-order chi connectivity index (χ1) is 9.45. The van der Waals surface area contributed by atoms with E-state index in [0.29, 0.717) is 10.6 Å². The molecule has 110 valence electrons. The highest BCUT2D eigenvalue weighted by Crippen LogP contribution is 2.41. The van der Waals surface area contributed by atoms with Crippen molar-refractivity contribution in [3.8, 4) is 0 Å². The minimum absolute atomic E-state index is 0.107. The molecule has 1 rings (SSSR count). The number of nitrogens with zero attached hydrogens (tertiary/aromatic N) is 1. The van der Waals surface area contributed by atoms with Crippen LogP contribution in [0.25, 0.3) is 0 Å². The van der Waals surface area contributed by atoms with E-state index in [-0.39, 0.29) is 5.71 Å². The van der Waals surface area contributed by atoms with Crippen molar-refractivity contribution in [2.45, 2.75) is 0 Å². The zero-order chi connectivity index (χ0) is 15.2. The zero-order valence-electron chi connectivity index (χ0n) is 11.1. The summed E-state index contributed by atoms with van der Waals surface area (Å²) in [5.74, 6) is -0.724. The molecule has 0 aliphatic rings. The van der Waals surface area contributed by atoms with E-state index in [0.717, 1.165) is 0 Å². The lowest BCUT2D eigenvalue weighted by Gasteiger charge is -2.13. The molecular weight excluding hydrogens is 307 g/mol. The molecule has 1 aromatic rings. The fraction of sp³-hybridized carbons (Fsp3) is 0.273. The van der Waals surface area contributed by atoms with Gasteiger partial charge in [0.2, 0.25) is 0 Å². The van der Waals surface area contributed by atoms with Crippen LogP contribution in [0.3, 0.4) is 0 Å². The van der Waals surface area contributed by atoms with Gasteiger partial charge in [-0.3, -0.25) is 9.05 Å². The van der Waals surface area contributed by atoms with E-state index in [1.807, 2.05) is 0 Å². The third kappa shape index (κ3) is 4.31. The molecular formula is C11H14ClN2O5P. The van der Waals surface area contributed by atoms with Gasteiger partial charge in [-0.2, -0.15) is 5.10 Å². The summed E-state index contributed by atoms with van der Waals surface area (Å²) < 4.78 is 25.7. The van der Waals surface area contributed by atoms with Gasteiger partial charge in [0.25, 0.3) is 0 Å². The third-order valence-corrected chi connectivity index (χ3v) is 3.78. The predicted molar refractivity (Wildman–Crippen MR) is 74.8 cm³/mol. The van der Waals surface area contributed by atoms with Crippen molar-refractivity contribution < 1.29 is 23.1 Å². The summed E-state index contributed by atoms with van der Waals surface area (Å²) in [6.45, 7) is 0. The van der Waals surface area contributed by atoms with Crippen LogP contribution in [0.2, 0.25) is 5.02 Å². The summed E-state index contributed by atoms with van der Waals surface area (Å²) >= 11 is 5.85. The highest BCUT2D eigenvalue weighted by atomic mass is 35.5. The molecule has 0 aliphatic heterocycles. The minimum Gasteiger partial charge on any atom is -0.464 e. The van der Waals surface area contributed by atoms with Gasteiger partial charge in [-0.1, -0.05) is 23.7 Å². The lowest BCUT2D eigenvalue weighted by Crippen LogP contribution is -2.21. The van der Waals surface area contributed by atoms with Crippen molar-refractivity contribution in [1.29, 1.82) is 0 Å². The van der Waals surface area contributed by atoms with Crippen LogP contribution in [0.4, 0.5) is 0 Å². The standard InChI is InChI=1S/C11H14ClN2O5P/c1-17-11(15)10(8-5-4-6-9(12)7-8)13-14-20(16,18-2)19-3/h4-7H,1-3H3,(H,14,16)/b13-10+. The Labute approximate surface area is 121 Å². The smallest absolute Gasteiger partial charge is 0.447 e. The molecule has 0 saturated heterocycles. The predicted octanol–water partition coefficient (Wildman–Crippen LogP) is 2.21. The quantitative estimate of drug-likeness (QED) is 0.374. The Morgan fingerprint density at radius 1 is 1.30 bits per heavy atom. The third-order valence-electron chi connectivity index (χ3n) is 2.24. The Bertz CT molecular complexity index is 555. The topological polar surface area (TPSA) is 86.2 Å². The molecule has 0 saturated carbocycles. The van der Waals surface area contributed by atoms with E-state index < -0.39 is 13.7 Å². The molecule has 7 nitrogen and oxygen atoms in total. The van der Waals surface area contributed by atoms with E-state index in [1.165, 1.54) is 27.4 Å². The second kappa shape index (κ2) is 7.40. The summed E-state index contributed by atoms with van der Waals surface area (Å²) in [5.41, 5.74) is 0.292. The monoisotopic (exact) mass is 320 g/mol. The summed E-state index contributed by atoms with van der Waals surface area (Å²) in [4.78, 5) is 11.7. The van der Waals surface area contributed by atoms with E-state index in [2.05, 4.69) is 24.1 Å². The molecule has 0 amide bonds. The number of rotatable bonds is 6. The molecule has 0 aromatic heterocycles. The van der Waals surface area contributed by atoms with Crippen LogP contribution in [0.1, 0.15) is 5.56 Å². The molecule has 0 aliphatic carbocycles. The Balaban J connectivity index is 3.14. The van der Waals surface area contributed by atoms with Crippen molar-refractivity contribution in [1.82, 2.24) is 5.20 Å². The molecule has 0 unspecified atom stereocenters. The van der Waals surface area contributed by atoms with Gasteiger partial charge in [-0.25, -0.2) is 14.6 Å². The number of methoxy groups -OCH3 is 1. The van der Waals surface area contributed by atoms with Crippen molar-refractivity contribution in [3.63, 3.8) is 0 Å². The van der Waals surface area contributed by atoms with Gasteiger partial charge in [-0.15, -0.1) is 0 Å². The van der Waals surface area contributed by atoms with Gasteiger partial charge >= 0.3 is 13.7 Å². The minimum atomic E-state index is -3.60. The molecule has 0 heterocycles. The average Bonchev–Trinajstić information content (AvgIpc) is 2.47. The second-order valence-electron chi connectivity index (χ2n) is 3.42. The molecule has 9 heteroatoms. The maximum atomic E-state index is 11.8. The van der Waals surface area contributed by atoms with E-state index in [1.54, 1.807) is 18.2 Å². The summed E-state index contributed by atoms with van der Waals surface area (Å²) in [6.07, 6.45) is 0. The lowest BCUT2D eigenvalue weighted by atomic mass is 10.1. The van der Waals surface area contributed by atoms with Crippen molar-refractivity contribution in [2.75, 3.05) is 21.3 Å². The average molecular weight is 321 g/mol. The fourth-order valence-corrected chi connectivity index (χ4v) is 1.95. The van der Waals surface area contributed by atoms with E-state index in [9.17, 15) is 9.36 Å². The van der Waals surface area contributed by atoms with Crippen LogP contribution in [0.5, 0.6) is 0 Å². The zero-order valence-corrected chi connectivity index (χ0v) is 12.8. The number of esters is 1. The number of carbonyl (C=O) groups is 1. The maximum absolute atomic E-state index is 11.8. The van der Waals surface area contributed by atoms with Gasteiger partial charge in [0.05, 0.1) is 7.11 Å². The van der Waals surface area contributed by atoms with Gasteiger partial charge in [-0.05, 0) is 12.1 Å². The van der Waals surface area contributed by atoms with E-state index >= 15 is 0 Å². The number of benzene rings is 1. The number of carbonyl (C=O) groups excluding carboxylic acids is 1. The van der Waals surface area contributed by atoms with Crippen molar-refractivity contribution in [3.05, 3.63) is 34.9 Å². The first kappa shape index (κ1) is 16.7. The van der Waals surface area contributed by atoms with Gasteiger partial charge in [0.1, 0.15) is 0 Å². The molecule has 0 radical (unpaired) electrons. The summed E-state index contributed by atoms with van der Waals surface area (Å²) in [7, 11) is -0.0237. The normalized spacial score (nSPS) is 12.1. The highest BCUT2D eigenvalue weighted by molar-refractivity contribution is 7.51. The summed E-state index contributed by atoms with van der Waals surface area (Å²) in [5, 5.41) is 6.34. The number of hydrogen-bond donors (Lipinski definition) is 1. The van der Waals surface area contributed by atoms with Crippen LogP contribution in [0.15, 0.2) is 29.4 Å². The van der Waals surface area contributed by atoms with Gasteiger partial charge in [0.15, 0.2) is 5.71 Å². The number of hydrazone groups is 1. The Morgan fingerprint density at radius 3 is 2.45 bits per heavy atom. The molecule has 0 fully saturated rings. The van der Waals surface area contributed by atoms with Crippen LogP contribution in [-0.2, 0) is 23.1 Å². The van der Waals surface area contributed by atoms with Crippen LogP contribution >= 0.6 is 19.3 Å². The maximum Gasteiger partial charge on any atom is 0.447 e. The lowest BCUT2D eigenvalue weighted by molar-refractivity contribution is -0.132. The number of hydrogen-bond acceptors (Lipinski definition) is 6. The molecule has 20 heavy (non-hydrogen) atoms. The summed E-state index contributed by atoms with van der Waals surface area (Å²) in [6, 6.07) is 6.41. The van der Waals surface area contributed by atoms with Crippen molar-refractivity contribution in [2.24, 2.45) is 5.10 Å². The molecule has 1 N–H and O–H groups in total. The molecule has 1 aromatic carbocycles. The van der Waals surface area contributed by atoms with Crippen LogP contribution in [-0.4, -0.2) is 33.0 Å². The van der Waals surface area contributed by atoms with Crippen LogP contribution < -0.4 is 5.20 Å². The Morgan fingerprint density at radius 2 is 1.95 bits per heavy atom. The van der Waals surface area contributed by atoms with Crippen molar-refractivity contribution >= 4 is 31.0 Å². The fourth-order valence-electron chi connectivity index (χ4n) is 1.23. The van der Waals surface area contributed by atoms with Gasteiger partial charge in [0, 0.05) is 24.8 Å². The highest BCUT2D eigenvalue weighted by Gasteiger charge is 2.22. The number of ether oxygens (including phenoxy) is 1. The first-order valence-electron chi connectivity index (χ1n) is 5.36. The van der Waals surface area contributed by atoms with Crippen LogP contribution in [0, 0.1) is 0 Å². The Kier molecular flexibility index (Phi) is 6.16. The van der Waals surface area contributed by atoms with Gasteiger partial charge < -0.3 is 4.74 Å². The largest absolute Gasteiger partial charge is 0.464 e. The SMILES string of the molecule is COC(=O)/C(=N/NP(=O)(OC)OC)c1cccc(Cl)c1. The number of nitrogens with one attached hydrogen (secondary N) is 1.